The predicted octanol–water partition coefficient (Wildman–Crippen LogP) is 3.16. The van der Waals surface area contributed by atoms with E-state index in [0.29, 0.717) is 13.2 Å². The van der Waals surface area contributed by atoms with Crippen LogP contribution in [0.25, 0.3) is 0 Å². The monoisotopic (exact) mass is 314 g/mol. The first-order chi connectivity index (χ1) is 10.9. The Labute approximate surface area is 138 Å². The Hall–Kier alpha value is -1.91. The number of nitrogens with zero attached hydrogens (tertiary/aromatic N) is 1. The summed E-state index contributed by atoms with van der Waals surface area (Å²) in [5, 5.41) is 13.3. The number of rotatable bonds is 7. The molecule has 124 valence electrons. The number of hydrogen-bond acceptors (Lipinski definition) is 4. The fraction of sp³-hybridized carbons (Fsp3) is 0.421. The van der Waals surface area contributed by atoms with E-state index in [1.807, 2.05) is 57.2 Å². The molecule has 4 heteroatoms. The number of hydrogen-bond donors (Lipinski definition) is 2. The van der Waals surface area contributed by atoms with Crippen molar-refractivity contribution >= 4 is 0 Å². The smallest absolute Gasteiger partial charge is 0.119 e. The minimum Gasteiger partial charge on any atom is -0.489 e. The molecule has 4 nitrogen and oxygen atoms in total. The Bertz CT molecular complexity index is 577. The average molecular weight is 314 g/mol. The average Bonchev–Trinajstić information content (AvgIpc) is 2.54. The fourth-order valence-electron chi connectivity index (χ4n) is 2.01. The molecule has 2 N–H and O–H groups in total. The molecule has 2 aromatic rings. The number of ether oxygens (including phenoxy) is 1. The van der Waals surface area contributed by atoms with Crippen LogP contribution in [0.1, 0.15) is 31.9 Å². The van der Waals surface area contributed by atoms with Crippen molar-refractivity contribution in [3.05, 3.63) is 59.9 Å². The molecular formula is C19H26N2O2. The summed E-state index contributed by atoms with van der Waals surface area (Å²) < 4.78 is 5.75. The highest BCUT2D eigenvalue weighted by molar-refractivity contribution is 5.27. The van der Waals surface area contributed by atoms with Crippen molar-refractivity contribution in [1.82, 2.24) is 10.3 Å². The maximum atomic E-state index is 10.00. The van der Waals surface area contributed by atoms with Gasteiger partial charge < -0.3 is 15.2 Å². The largest absolute Gasteiger partial charge is 0.489 e. The zero-order chi connectivity index (χ0) is 16.7. The van der Waals surface area contributed by atoms with Crippen LogP contribution in [0.15, 0.2) is 48.8 Å². The van der Waals surface area contributed by atoms with E-state index in [0.717, 1.165) is 17.9 Å². The van der Waals surface area contributed by atoms with Crippen molar-refractivity contribution in [2.75, 3.05) is 6.54 Å². The lowest BCUT2D eigenvalue weighted by atomic mass is 9.89. The molecule has 1 atom stereocenters. The maximum absolute atomic E-state index is 10.00. The standard InChI is InChI=1S/C19H26N2O2/c1-19(2,3)18(22)13-21-12-15-4-6-17(7-5-15)23-14-16-8-10-20-11-9-16/h4-11,18,21-22H,12-14H2,1-3H3. The van der Waals surface area contributed by atoms with Gasteiger partial charge in [0.2, 0.25) is 0 Å². The van der Waals surface area contributed by atoms with Gasteiger partial charge in [0.15, 0.2) is 0 Å². The van der Waals surface area contributed by atoms with Gasteiger partial charge >= 0.3 is 0 Å². The maximum Gasteiger partial charge on any atom is 0.119 e. The zero-order valence-corrected chi connectivity index (χ0v) is 14.1. The van der Waals surface area contributed by atoms with Crippen LogP contribution in [0.2, 0.25) is 0 Å². The van der Waals surface area contributed by atoms with E-state index in [4.69, 9.17) is 4.74 Å². The molecule has 0 aliphatic rings. The second-order valence-corrected chi connectivity index (χ2v) is 6.80. The van der Waals surface area contributed by atoms with Gasteiger partial charge in [0.1, 0.15) is 12.4 Å². The molecule has 23 heavy (non-hydrogen) atoms. The molecule has 1 heterocycles. The number of aromatic nitrogens is 1. The summed E-state index contributed by atoms with van der Waals surface area (Å²) in [7, 11) is 0. The highest BCUT2D eigenvalue weighted by Gasteiger charge is 2.21. The van der Waals surface area contributed by atoms with Crippen molar-refractivity contribution in [3.8, 4) is 5.75 Å². The van der Waals surface area contributed by atoms with E-state index in [1.54, 1.807) is 12.4 Å². The minimum atomic E-state index is -0.356. The van der Waals surface area contributed by atoms with Crippen molar-refractivity contribution in [2.24, 2.45) is 5.41 Å². The molecule has 2 rings (SSSR count). The van der Waals surface area contributed by atoms with Crippen molar-refractivity contribution in [3.63, 3.8) is 0 Å². The van der Waals surface area contributed by atoms with Gasteiger partial charge in [-0.05, 0) is 40.8 Å². The molecule has 0 spiro atoms. The van der Waals surface area contributed by atoms with Crippen LogP contribution in [0.4, 0.5) is 0 Å². The summed E-state index contributed by atoms with van der Waals surface area (Å²) in [6.45, 7) is 7.97. The van der Waals surface area contributed by atoms with Crippen LogP contribution in [0, 0.1) is 5.41 Å². The van der Waals surface area contributed by atoms with Crippen LogP contribution in [0.3, 0.4) is 0 Å². The summed E-state index contributed by atoms with van der Waals surface area (Å²) in [6.07, 6.45) is 3.17. The molecule has 0 aliphatic heterocycles. The van der Waals surface area contributed by atoms with E-state index in [9.17, 15) is 5.11 Å². The van der Waals surface area contributed by atoms with Gasteiger partial charge in [0.25, 0.3) is 0 Å². The first kappa shape index (κ1) is 17.4. The van der Waals surface area contributed by atoms with E-state index in [-0.39, 0.29) is 11.5 Å². The Kier molecular flexibility index (Phi) is 6.13. The van der Waals surface area contributed by atoms with Crippen molar-refractivity contribution in [1.29, 1.82) is 0 Å². The van der Waals surface area contributed by atoms with Crippen LogP contribution >= 0.6 is 0 Å². The van der Waals surface area contributed by atoms with Gasteiger partial charge in [-0.15, -0.1) is 0 Å². The third kappa shape index (κ3) is 6.00. The Morgan fingerprint density at radius 1 is 1.04 bits per heavy atom. The third-order valence-corrected chi connectivity index (χ3v) is 3.74. The highest BCUT2D eigenvalue weighted by Crippen LogP contribution is 2.18. The van der Waals surface area contributed by atoms with E-state index in [2.05, 4.69) is 10.3 Å². The second-order valence-electron chi connectivity index (χ2n) is 6.80. The van der Waals surface area contributed by atoms with E-state index in [1.165, 1.54) is 5.56 Å². The molecule has 0 aliphatic carbocycles. The van der Waals surface area contributed by atoms with Crippen LogP contribution < -0.4 is 10.1 Å². The molecule has 1 aromatic carbocycles. The molecule has 0 bridgehead atoms. The molecule has 0 amide bonds. The third-order valence-electron chi connectivity index (χ3n) is 3.74. The van der Waals surface area contributed by atoms with Crippen LogP contribution in [-0.4, -0.2) is 22.7 Å². The molecule has 0 saturated carbocycles. The number of aliphatic hydroxyl groups excluding tert-OH is 1. The molecular weight excluding hydrogens is 288 g/mol. The number of pyridine rings is 1. The SMILES string of the molecule is CC(C)(C)C(O)CNCc1ccc(OCc2ccncc2)cc1. The number of benzene rings is 1. The van der Waals surface area contributed by atoms with E-state index >= 15 is 0 Å². The van der Waals surface area contributed by atoms with Gasteiger partial charge in [0.05, 0.1) is 6.10 Å². The minimum absolute atomic E-state index is 0.0995. The topological polar surface area (TPSA) is 54.4 Å². The Balaban J connectivity index is 1.76. The first-order valence-electron chi connectivity index (χ1n) is 7.94. The van der Waals surface area contributed by atoms with Gasteiger partial charge in [-0.1, -0.05) is 32.9 Å². The summed E-state index contributed by atoms with van der Waals surface area (Å²) >= 11 is 0. The normalized spacial score (nSPS) is 12.9. The van der Waals surface area contributed by atoms with Crippen LogP contribution in [0.5, 0.6) is 5.75 Å². The summed E-state index contributed by atoms with van der Waals surface area (Å²) in [5.74, 6) is 0.847. The lowest BCUT2D eigenvalue weighted by molar-refractivity contribution is 0.0627. The summed E-state index contributed by atoms with van der Waals surface area (Å²) in [4.78, 5) is 3.99. The quantitative estimate of drug-likeness (QED) is 0.824. The molecule has 0 saturated heterocycles. The van der Waals surface area contributed by atoms with Gasteiger partial charge in [-0.3, -0.25) is 4.98 Å². The Morgan fingerprint density at radius 2 is 1.70 bits per heavy atom. The number of nitrogens with one attached hydrogen (secondary N) is 1. The Morgan fingerprint density at radius 3 is 2.30 bits per heavy atom. The van der Waals surface area contributed by atoms with Gasteiger partial charge in [0, 0.05) is 25.5 Å². The molecule has 0 radical (unpaired) electrons. The van der Waals surface area contributed by atoms with Gasteiger partial charge in [-0.2, -0.15) is 0 Å². The summed E-state index contributed by atoms with van der Waals surface area (Å²) in [6, 6.07) is 11.9. The van der Waals surface area contributed by atoms with Crippen molar-refractivity contribution < 1.29 is 9.84 Å². The molecule has 0 fully saturated rings. The van der Waals surface area contributed by atoms with E-state index < -0.39 is 0 Å². The van der Waals surface area contributed by atoms with Gasteiger partial charge in [-0.25, -0.2) is 0 Å². The molecule has 1 aromatic heterocycles. The van der Waals surface area contributed by atoms with Crippen molar-refractivity contribution in [2.45, 2.75) is 40.0 Å². The predicted molar refractivity (Wildman–Crippen MR) is 92.2 cm³/mol. The first-order valence-corrected chi connectivity index (χ1v) is 7.94. The lowest BCUT2D eigenvalue weighted by Gasteiger charge is -2.26. The zero-order valence-electron chi connectivity index (χ0n) is 14.1. The highest BCUT2D eigenvalue weighted by atomic mass is 16.5. The summed E-state index contributed by atoms with van der Waals surface area (Å²) in [5.41, 5.74) is 2.17. The number of aliphatic hydroxyl groups is 1. The molecule has 1 unspecified atom stereocenters. The fourth-order valence-corrected chi connectivity index (χ4v) is 2.01. The second kappa shape index (κ2) is 8.09. The lowest BCUT2D eigenvalue weighted by Crippen LogP contribution is -2.36. The van der Waals surface area contributed by atoms with Crippen LogP contribution in [-0.2, 0) is 13.2 Å².